The standard InChI is InChI=1S/C22H36O2S/c1-5-24-21-12-16-11-20(21)19-14-17(13-18(16)19)25-22(4,9-10-23)8-6-7-15(2)3/h7,10,16-21H,5-6,8-9,11-14H2,1-4H3. The molecule has 3 rings (SSSR count). The summed E-state index contributed by atoms with van der Waals surface area (Å²) >= 11 is 2.13. The predicted octanol–water partition coefficient (Wildman–Crippen LogP) is 5.65. The molecule has 3 heteroatoms. The van der Waals surface area contributed by atoms with E-state index in [1.165, 1.54) is 31.3 Å². The molecule has 2 nitrogen and oxygen atoms in total. The molecule has 25 heavy (non-hydrogen) atoms. The Morgan fingerprint density at radius 3 is 2.60 bits per heavy atom. The van der Waals surface area contributed by atoms with Crippen molar-refractivity contribution in [3.8, 4) is 0 Å². The number of ether oxygens (including phenoxy) is 1. The molecular formula is C22H36O2S. The number of hydrogen-bond acceptors (Lipinski definition) is 3. The van der Waals surface area contributed by atoms with Gasteiger partial charge in [0.1, 0.15) is 6.29 Å². The summed E-state index contributed by atoms with van der Waals surface area (Å²) in [6, 6.07) is 0. The smallest absolute Gasteiger partial charge is 0.121 e. The van der Waals surface area contributed by atoms with Crippen LogP contribution in [-0.2, 0) is 9.53 Å². The normalized spacial score (nSPS) is 38.4. The van der Waals surface area contributed by atoms with Gasteiger partial charge in [0.2, 0.25) is 0 Å². The van der Waals surface area contributed by atoms with E-state index in [4.69, 9.17) is 4.74 Å². The number of thioether (sulfide) groups is 1. The van der Waals surface area contributed by atoms with Gasteiger partial charge in [0.05, 0.1) is 6.10 Å². The van der Waals surface area contributed by atoms with E-state index in [9.17, 15) is 4.79 Å². The minimum absolute atomic E-state index is 0.107. The molecule has 7 unspecified atom stereocenters. The highest BCUT2D eigenvalue weighted by atomic mass is 32.2. The molecule has 0 radical (unpaired) electrons. The maximum Gasteiger partial charge on any atom is 0.121 e. The number of fused-ring (bicyclic) bond motifs is 5. The predicted molar refractivity (Wildman–Crippen MR) is 107 cm³/mol. The lowest BCUT2D eigenvalue weighted by Crippen LogP contribution is -2.30. The number of hydrogen-bond donors (Lipinski definition) is 0. The monoisotopic (exact) mass is 364 g/mol. The lowest BCUT2D eigenvalue weighted by Gasteiger charge is -2.31. The van der Waals surface area contributed by atoms with Gasteiger partial charge in [0.15, 0.2) is 0 Å². The molecule has 3 aliphatic rings. The Labute approximate surface area is 158 Å². The summed E-state index contributed by atoms with van der Waals surface area (Å²) in [5, 5.41) is 0.748. The summed E-state index contributed by atoms with van der Waals surface area (Å²) in [6.45, 7) is 9.63. The van der Waals surface area contributed by atoms with E-state index in [0.29, 0.717) is 12.5 Å². The van der Waals surface area contributed by atoms with E-state index in [1.807, 2.05) is 0 Å². The lowest BCUT2D eigenvalue weighted by molar-refractivity contribution is -0.108. The fraction of sp³-hybridized carbons (Fsp3) is 0.864. The van der Waals surface area contributed by atoms with Gasteiger partial charge in [-0.05, 0) is 89.9 Å². The molecule has 3 aliphatic carbocycles. The van der Waals surface area contributed by atoms with Gasteiger partial charge < -0.3 is 9.53 Å². The lowest BCUT2D eigenvalue weighted by atomic mass is 9.80. The van der Waals surface area contributed by atoms with Crippen LogP contribution in [0.3, 0.4) is 0 Å². The van der Waals surface area contributed by atoms with Crippen LogP contribution >= 0.6 is 11.8 Å². The van der Waals surface area contributed by atoms with Crippen molar-refractivity contribution >= 4 is 18.0 Å². The number of carbonyl (C=O) groups is 1. The number of rotatable bonds is 9. The van der Waals surface area contributed by atoms with Gasteiger partial charge in [0, 0.05) is 23.0 Å². The third-order valence-electron chi connectivity index (χ3n) is 6.94. The third kappa shape index (κ3) is 4.35. The maximum absolute atomic E-state index is 11.3. The van der Waals surface area contributed by atoms with Crippen molar-refractivity contribution in [3.05, 3.63) is 11.6 Å². The highest BCUT2D eigenvalue weighted by Gasteiger charge is 2.56. The number of carbonyl (C=O) groups excluding carboxylic acids is 1. The summed E-state index contributed by atoms with van der Waals surface area (Å²) in [5.74, 6) is 3.58. The van der Waals surface area contributed by atoms with Crippen LogP contribution < -0.4 is 0 Å². The van der Waals surface area contributed by atoms with Crippen molar-refractivity contribution < 1.29 is 9.53 Å². The highest BCUT2D eigenvalue weighted by Crippen LogP contribution is 2.62. The molecule has 7 atom stereocenters. The number of allylic oxidation sites excluding steroid dienone is 2. The summed E-state index contributed by atoms with van der Waals surface area (Å²) in [4.78, 5) is 11.3. The zero-order valence-electron chi connectivity index (χ0n) is 16.5. The maximum atomic E-state index is 11.3. The summed E-state index contributed by atoms with van der Waals surface area (Å²) in [5.41, 5.74) is 1.38. The molecular weight excluding hydrogens is 328 g/mol. The van der Waals surface area contributed by atoms with Gasteiger partial charge in [-0.15, -0.1) is 0 Å². The second kappa shape index (κ2) is 8.17. The number of aldehydes is 1. The Kier molecular flexibility index (Phi) is 6.36. The van der Waals surface area contributed by atoms with E-state index in [2.05, 4.69) is 45.5 Å². The second-order valence-corrected chi connectivity index (χ2v) is 11.0. The Balaban J connectivity index is 1.58. The van der Waals surface area contributed by atoms with Gasteiger partial charge in [-0.25, -0.2) is 0 Å². The zero-order chi connectivity index (χ0) is 18.0. The van der Waals surface area contributed by atoms with Crippen LogP contribution in [0.5, 0.6) is 0 Å². The molecule has 142 valence electrons. The van der Waals surface area contributed by atoms with Crippen molar-refractivity contribution in [2.24, 2.45) is 23.7 Å². The summed E-state index contributed by atoms with van der Waals surface area (Å²) < 4.78 is 6.14. The van der Waals surface area contributed by atoms with Crippen LogP contribution in [0.15, 0.2) is 11.6 Å². The first-order valence-electron chi connectivity index (χ1n) is 10.3. The van der Waals surface area contributed by atoms with Crippen molar-refractivity contribution in [1.29, 1.82) is 0 Å². The van der Waals surface area contributed by atoms with Gasteiger partial charge in [0.25, 0.3) is 0 Å². The highest BCUT2D eigenvalue weighted by molar-refractivity contribution is 8.01. The van der Waals surface area contributed by atoms with Crippen molar-refractivity contribution in [3.63, 3.8) is 0 Å². The Morgan fingerprint density at radius 2 is 1.92 bits per heavy atom. The molecule has 0 amide bonds. The molecule has 3 saturated carbocycles. The van der Waals surface area contributed by atoms with Crippen LogP contribution in [0.2, 0.25) is 0 Å². The Hall–Kier alpha value is -0.280. The fourth-order valence-corrected chi connectivity index (χ4v) is 7.76. The molecule has 0 N–H and O–H groups in total. The molecule has 0 saturated heterocycles. The first-order chi connectivity index (χ1) is 12.0. The Bertz CT molecular complexity index is 498. The van der Waals surface area contributed by atoms with E-state index >= 15 is 0 Å². The summed E-state index contributed by atoms with van der Waals surface area (Å²) in [6.07, 6.45) is 12.4. The van der Waals surface area contributed by atoms with Gasteiger partial charge in [-0.3, -0.25) is 0 Å². The van der Waals surface area contributed by atoms with Crippen LogP contribution in [0, 0.1) is 23.7 Å². The first kappa shape index (κ1) is 19.5. The average molecular weight is 365 g/mol. The van der Waals surface area contributed by atoms with Crippen molar-refractivity contribution in [2.75, 3.05) is 6.61 Å². The first-order valence-corrected chi connectivity index (χ1v) is 11.2. The van der Waals surface area contributed by atoms with Gasteiger partial charge >= 0.3 is 0 Å². The largest absolute Gasteiger partial charge is 0.378 e. The van der Waals surface area contributed by atoms with E-state index in [0.717, 1.165) is 54.7 Å². The average Bonchev–Trinajstić information content (AvgIpc) is 3.18. The van der Waals surface area contributed by atoms with E-state index < -0.39 is 0 Å². The molecule has 0 aromatic carbocycles. The van der Waals surface area contributed by atoms with E-state index in [1.54, 1.807) is 0 Å². The zero-order valence-corrected chi connectivity index (χ0v) is 17.3. The quantitative estimate of drug-likeness (QED) is 0.390. The molecule has 2 bridgehead atoms. The molecule has 0 heterocycles. The molecule has 0 aromatic rings. The summed E-state index contributed by atoms with van der Waals surface area (Å²) in [7, 11) is 0. The molecule has 3 fully saturated rings. The van der Waals surface area contributed by atoms with E-state index in [-0.39, 0.29) is 4.75 Å². The van der Waals surface area contributed by atoms with Crippen LogP contribution in [-0.4, -0.2) is 29.0 Å². The minimum atomic E-state index is 0.107. The third-order valence-corrected chi connectivity index (χ3v) is 8.59. The van der Waals surface area contributed by atoms with Gasteiger partial charge in [-0.2, -0.15) is 11.8 Å². The topological polar surface area (TPSA) is 26.3 Å². The Morgan fingerprint density at radius 1 is 1.16 bits per heavy atom. The second-order valence-electron chi connectivity index (χ2n) is 9.07. The van der Waals surface area contributed by atoms with Crippen molar-refractivity contribution in [2.45, 2.75) is 88.7 Å². The van der Waals surface area contributed by atoms with Crippen LogP contribution in [0.25, 0.3) is 0 Å². The molecule has 0 spiro atoms. The SMILES string of the molecule is CCOC1CC2CC1C1CC(SC(C)(CC=O)CCC=C(C)C)CC21. The van der Waals surface area contributed by atoms with Crippen LogP contribution in [0.1, 0.15) is 72.6 Å². The van der Waals surface area contributed by atoms with Crippen LogP contribution in [0.4, 0.5) is 0 Å². The molecule has 0 aliphatic heterocycles. The minimum Gasteiger partial charge on any atom is -0.378 e. The van der Waals surface area contributed by atoms with Crippen molar-refractivity contribution in [1.82, 2.24) is 0 Å². The molecule has 0 aromatic heterocycles. The van der Waals surface area contributed by atoms with Gasteiger partial charge in [-0.1, -0.05) is 11.6 Å². The fourth-order valence-electron chi connectivity index (χ4n) is 5.91.